The molecule has 1 aliphatic carbocycles. The molecule has 0 bridgehead atoms. The van der Waals surface area contributed by atoms with Gasteiger partial charge in [-0.3, -0.25) is 14.9 Å². The molecule has 178 valence electrons. The van der Waals surface area contributed by atoms with Crippen LogP contribution in [0.2, 0.25) is 0 Å². The summed E-state index contributed by atoms with van der Waals surface area (Å²) in [6.07, 6.45) is -2.69. The van der Waals surface area contributed by atoms with Gasteiger partial charge in [-0.15, -0.1) is 24.5 Å². The summed E-state index contributed by atoms with van der Waals surface area (Å²) in [6.45, 7) is 0. The fourth-order valence-electron chi connectivity index (χ4n) is 3.61. The van der Waals surface area contributed by atoms with Gasteiger partial charge in [-0.1, -0.05) is 0 Å². The van der Waals surface area contributed by atoms with Crippen LogP contribution >= 0.6 is 11.3 Å². The van der Waals surface area contributed by atoms with E-state index in [1.807, 2.05) is 0 Å². The summed E-state index contributed by atoms with van der Waals surface area (Å²) >= 11 is 1.33. The van der Waals surface area contributed by atoms with Gasteiger partial charge in [0.25, 0.3) is 5.91 Å². The van der Waals surface area contributed by atoms with Gasteiger partial charge in [-0.2, -0.15) is 0 Å². The second kappa shape index (κ2) is 9.72. The number of carbonyl (C=O) groups excluding carboxylic acids is 2. The van der Waals surface area contributed by atoms with Crippen LogP contribution in [0.15, 0.2) is 48.5 Å². The number of nitrogens with one attached hydrogen (secondary N) is 2. The summed E-state index contributed by atoms with van der Waals surface area (Å²) in [6, 6.07) is 11.6. The van der Waals surface area contributed by atoms with E-state index in [4.69, 9.17) is 4.74 Å². The Morgan fingerprint density at radius 2 is 1.71 bits per heavy atom. The molecular weight excluding hydrogens is 471 g/mol. The van der Waals surface area contributed by atoms with Crippen molar-refractivity contribution in [3.05, 3.63) is 64.7 Å². The number of aromatic nitrogens is 1. The average molecular weight is 491 g/mol. The number of alkyl halides is 3. The van der Waals surface area contributed by atoms with Crippen LogP contribution in [0, 0.1) is 0 Å². The Balaban J connectivity index is 1.43. The van der Waals surface area contributed by atoms with Gasteiger partial charge in [0.05, 0.1) is 18.7 Å². The lowest BCUT2D eigenvalue weighted by Crippen LogP contribution is -2.24. The topological polar surface area (TPSA) is 89.5 Å². The first-order valence-electron chi connectivity index (χ1n) is 10.3. The Kier molecular flexibility index (Phi) is 6.73. The van der Waals surface area contributed by atoms with Crippen LogP contribution in [0.5, 0.6) is 11.5 Å². The molecule has 1 unspecified atom stereocenters. The predicted octanol–water partition coefficient (Wildman–Crippen LogP) is 5.36. The van der Waals surface area contributed by atoms with Crippen LogP contribution in [0.1, 0.15) is 39.7 Å². The van der Waals surface area contributed by atoms with Crippen LogP contribution in [0.3, 0.4) is 0 Å². The first kappa shape index (κ1) is 23.6. The van der Waals surface area contributed by atoms with Gasteiger partial charge in [0.2, 0.25) is 5.91 Å². The molecule has 3 aromatic rings. The normalized spacial score (nSPS) is 15.2. The smallest absolute Gasteiger partial charge is 0.497 e. The average Bonchev–Trinajstić information content (AvgIpc) is 3.21. The molecule has 0 spiro atoms. The second-order valence-corrected chi connectivity index (χ2v) is 8.60. The van der Waals surface area contributed by atoms with Gasteiger partial charge < -0.3 is 14.8 Å². The minimum Gasteiger partial charge on any atom is -0.497 e. The largest absolute Gasteiger partial charge is 0.573 e. The highest BCUT2D eigenvalue weighted by Crippen LogP contribution is 2.37. The molecular formula is C23H20F3N3O4S. The number of ether oxygens (including phenoxy) is 2. The molecule has 2 amide bonds. The number of aryl methyl sites for hydroxylation is 1. The highest BCUT2D eigenvalue weighted by molar-refractivity contribution is 7.16. The van der Waals surface area contributed by atoms with Gasteiger partial charge in [0.1, 0.15) is 11.5 Å². The molecule has 11 heteroatoms. The standard InChI is InChI=1S/C23H20F3N3O4S/c1-32-15-9-5-13(6-10-15)20(30)29-22-28-19-17(3-2-4-18(19)34-22)21(31)27-14-7-11-16(12-8-14)33-23(24,25)26/h5-12,17H,2-4H2,1H3,(H,27,31)(H,28,29,30). The fraction of sp³-hybridized carbons (Fsp3) is 0.261. The number of fused-ring (bicyclic) bond motifs is 1. The highest BCUT2D eigenvalue weighted by Gasteiger charge is 2.32. The zero-order chi connectivity index (χ0) is 24.3. The van der Waals surface area contributed by atoms with Gasteiger partial charge in [0.15, 0.2) is 5.13 Å². The molecule has 0 radical (unpaired) electrons. The summed E-state index contributed by atoms with van der Waals surface area (Å²) in [5, 5.41) is 5.90. The van der Waals surface area contributed by atoms with E-state index in [0.717, 1.165) is 29.9 Å². The maximum absolute atomic E-state index is 12.9. The van der Waals surface area contributed by atoms with Crippen molar-refractivity contribution >= 4 is 34.0 Å². The van der Waals surface area contributed by atoms with Crippen LogP contribution in [-0.2, 0) is 11.2 Å². The Morgan fingerprint density at radius 1 is 1.03 bits per heavy atom. The lowest BCUT2D eigenvalue weighted by atomic mass is 9.90. The first-order valence-corrected chi connectivity index (χ1v) is 11.1. The Bertz CT molecular complexity index is 1180. The summed E-state index contributed by atoms with van der Waals surface area (Å²) in [5.41, 5.74) is 1.40. The lowest BCUT2D eigenvalue weighted by molar-refractivity contribution is -0.274. The number of methoxy groups -OCH3 is 1. The molecule has 0 fully saturated rings. The number of hydrogen-bond acceptors (Lipinski definition) is 6. The SMILES string of the molecule is COc1ccc(C(=O)Nc2nc3c(s2)CCCC3C(=O)Nc2ccc(OC(F)(F)F)cc2)cc1. The van der Waals surface area contributed by atoms with Gasteiger partial charge in [-0.25, -0.2) is 4.98 Å². The Labute approximate surface area is 196 Å². The number of rotatable bonds is 6. The number of halogens is 3. The van der Waals surface area contributed by atoms with Crippen molar-refractivity contribution in [1.29, 1.82) is 0 Å². The number of benzene rings is 2. The molecule has 2 aromatic carbocycles. The van der Waals surface area contributed by atoms with E-state index in [2.05, 4.69) is 20.4 Å². The second-order valence-electron chi connectivity index (χ2n) is 7.52. The van der Waals surface area contributed by atoms with E-state index in [-0.39, 0.29) is 17.6 Å². The fourth-order valence-corrected chi connectivity index (χ4v) is 4.67. The van der Waals surface area contributed by atoms with Crippen molar-refractivity contribution in [2.24, 2.45) is 0 Å². The third-order valence-corrected chi connectivity index (χ3v) is 6.25. The highest BCUT2D eigenvalue weighted by atomic mass is 32.1. The minimum absolute atomic E-state index is 0.316. The molecule has 0 saturated carbocycles. The van der Waals surface area contributed by atoms with Crippen molar-refractivity contribution in [3.63, 3.8) is 0 Å². The molecule has 0 saturated heterocycles. The summed E-state index contributed by atoms with van der Waals surface area (Å²) in [5.74, 6) is -0.905. The summed E-state index contributed by atoms with van der Waals surface area (Å²) < 4.78 is 45.9. The Hall–Kier alpha value is -3.60. The van der Waals surface area contributed by atoms with Gasteiger partial charge in [0, 0.05) is 16.1 Å². The molecule has 34 heavy (non-hydrogen) atoms. The van der Waals surface area contributed by atoms with Crippen LogP contribution in [0.25, 0.3) is 0 Å². The molecule has 0 aliphatic heterocycles. The van der Waals surface area contributed by atoms with Crippen molar-refractivity contribution in [2.45, 2.75) is 31.5 Å². The molecule has 1 aromatic heterocycles. The van der Waals surface area contributed by atoms with Gasteiger partial charge >= 0.3 is 6.36 Å². The van der Waals surface area contributed by atoms with E-state index in [0.29, 0.717) is 34.2 Å². The number of anilines is 2. The van der Waals surface area contributed by atoms with E-state index < -0.39 is 12.3 Å². The van der Waals surface area contributed by atoms with Crippen molar-refractivity contribution < 1.29 is 32.2 Å². The summed E-state index contributed by atoms with van der Waals surface area (Å²) in [7, 11) is 1.54. The quantitative estimate of drug-likeness (QED) is 0.485. The molecule has 1 heterocycles. The Morgan fingerprint density at radius 3 is 2.35 bits per heavy atom. The van der Waals surface area contributed by atoms with E-state index in [1.165, 1.54) is 23.5 Å². The monoisotopic (exact) mass is 491 g/mol. The van der Waals surface area contributed by atoms with Crippen molar-refractivity contribution in [3.8, 4) is 11.5 Å². The zero-order valence-electron chi connectivity index (χ0n) is 17.9. The number of nitrogens with zero attached hydrogens (tertiary/aromatic N) is 1. The molecule has 1 aliphatic rings. The van der Waals surface area contributed by atoms with Gasteiger partial charge in [-0.05, 0) is 67.8 Å². The van der Waals surface area contributed by atoms with Crippen LogP contribution in [-0.4, -0.2) is 30.3 Å². The summed E-state index contributed by atoms with van der Waals surface area (Å²) in [4.78, 5) is 30.9. The van der Waals surface area contributed by atoms with E-state index >= 15 is 0 Å². The van der Waals surface area contributed by atoms with Crippen molar-refractivity contribution in [2.75, 3.05) is 17.7 Å². The number of amides is 2. The minimum atomic E-state index is -4.78. The third kappa shape index (κ3) is 5.66. The number of thiazole rings is 1. The molecule has 2 N–H and O–H groups in total. The molecule has 7 nitrogen and oxygen atoms in total. The van der Waals surface area contributed by atoms with Crippen LogP contribution < -0.4 is 20.1 Å². The first-order chi connectivity index (χ1) is 16.2. The molecule has 4 rings (SSSR count). The van der Waals surface area contributed by atoms with Crippen LogP contribution in [0.4, 0.5) is 24.0 Å². The zero-order valence-corrected chi connectivity index (χ0v) is 18.8. The maximum Gasteiger partial charge on any atom is 0.573 e. The number of hydrogen-bond donors (Lipinski definition) is 2. The molecule has 1 atom stereocenters. The lowest BCUT2D eigenvalue weighted by Gasteiger charge is -2.20. The number of carbonyl (C=O) groups is 2. The predicted molar refractivity (Wildman–Crippen MR) is 120 cm³/mol. The third-order valence-electron chi connectivity index (χ3n) is 5.20. The van der Waals surface area contributed by atoms with E-state index in [9.17, 15) is 22.8 Å². The van der Waals surface area contributed by atoms with E-state index in [1.54, 1.807) is 31.4 Å². The maximum atomic E-state index is 12.9. The van der Waals surface area contributed by atoms with Crippen molar-refractivity contribution in [1.82, 2.24) is 4.98 Å².